The van der Waals surface area contributed by atoms with Crippen molar-refractivity contribution in [2.24, 2.45) is 5.92 Å². The molecule has 3 rings (SSSR count). The second-order valence-electron chi connectivity index (χ2n) is 5.79. The van der Waals surface area contributed by atoms with Crippen molar-refractivity contribution in [1.29, 1.82) is 0 Å². The molecule has 0 fully saturated rings. The fourth-order valence-electron chi connectivity index (χ4n) is 3.43. The molecule has 108 valence electrons. The normalized spacial score (nSPS) is 29.0. The third-order valence-electron chi connectivity index (χ3n) is 4.63. The van der Waals surface area contributed by atoms with Crippen molar-refractivity contribution in [3.8, 4) is 0 Å². The Balaban J connectivity index is 2.23. The van der Waals surface area contributed by atoms with Gasteiger partial charge < -0.3 is 10.2 Å². The van der Waals surface area contributed by atoms with Crippen LogP contribution in [-0.4, -0.2) is 16.3 Å². The summed E-state index contributed by atoms with van der Waals surface area (Å²) in [6, 6.07) is 19.4. The minimum absolute atomic E-state index is 0.282. The van der Waals surface area contributed by atoms with Gasteiger partial charge in [0, 0.05) is 5.92 Å². The average molecular weight is 280 g/mol. The van der Waals surface area contributed by atoms with Crippen molar-refractivity contribution in [1.82, 2.24) is 0 Å². The van der Waals surface area contributed by atoms with Gasteiger partial charge in [-0.2, -0.15) is 0 Å². The fourth-order valence-corrected chi connectivity index (χ4v) is 3.43. The predicted octanol–water partition coefficient (Wildman–Crippen LogP) is 3.36. The second kappa shape index (κ2) is 5.14. The van der Waals surface area contributed by atoms with Crippen LogP contribution >= 0.6 is 0 Å². The van der Waals surface area contributed by atoms with Crippen LogP contribution in [0.1, 0.15) is 25.0 Å². The molecule has 2 aromatic carbocycles. The molecule has 2 aromatic rings. The van der Waals surface area contributed by atoms with Crippen LogP contribution in [0, 0.1) is 5.92 Å². The number of aliphatic hydroxyl groups excluding tert-OH is 1. The summed E-state index contributed by atoms with van der Waals surface area (Å²) >= 11 is 0. The van der Waals surface area contributed by atoms with E-state index >= 15 is 0 Å². The first-order valence-electron chi connectivity index (χ1n) is 7.29. The van der Waals surface area contributed by atoms with E-state index < -0.39 is 11.7 Å². The first-order chi connectivity index (χ1) is 10.1. The summed E-state index contributed by atoms with van der Waals surface area (Å²) in [6.45, 7) is 3.81. The van der Waals surface area contributed by atoms with Gasteiger partial charge in [-0.05, 0) is 29.2 Å². The molecule has 2 N–H and O–H groups in total. The molecule has 1 aliphatic carbocycles. The van der Waals surface area contributed by atoms with Crippen LogP contribution in [0.4, 0.5) is 0 Å². The number of rotatable bonds is 2. The lowest BCUT2D eigenvalue weighted by atomic mass is 9.78. The summed E-state index contributed by atoms with van der Waals surface area (Å²) in [6.07, 6.45) is -0.634. The largest absolute Gasteiger partial charge is 0.388 e. The van der Waals surface area contributed by atoms with Gasteiger partial charge in [-0.25, -0.2) is 0 Å². The molecule has 0 heterocycles. The fraction of sp³-hybridized carbons (Fsp3) is 0.263. The molecule has 0 saturated heterocycles. The SMILES string of the molecule is CC1=C(c2ccccc2)[C@@](O)(c2ccccc2)C(C)[C@H]1O. The van der Waals surface area contributed by atoms with Gasteiger partial charge in [-0.1, -0.05) is 67.6 Å². The van der Waals surface area contributed by atoms with E-state index in [1.54, 1.807) is 0 Å². The Labute approximate surface area is 125 Å². The Kier molecular flexibility index (Phi) is 3.44. The molecule has 0 spiro atoms. The number of hydrogen-bond donors (Lipinski definition) is 2. The van der Waals surface area contributed by atoms with Crippen LogP contribution in [0.2, 0.25) is 0 Å². The van der Waals surface area contributed by atoms with E-state index in [2.05, 4.69) is 0 Å². The van der Waals surface area contributed by atoms with Gasteiger partial charge in [0.05, 0.1) is 6.10 Å². The third kappa shape index (κ3) is 2.03. The lowest BCUT2D eigenvalue weighted by Crippen LogP contribution is -2.35. The van der Waals surface area contributed by atoms with Crippen molar-refractivity contribution in [3.05, 3.63) is 77.4 Å². The molecular weight excluding hydrogens is 260 g/mol. The van der Waals surface area contributed by atoms with E-state index in [0.29, 0.717) is 0 Å². The van der Waals surface area contributed by atoms with Crippen molar-refractivity contribution in [3.63, 3.8) is 0 Å². The van der Waals surface area contributed by atoms with Crippen molar-refractivity contribution in [2.75, 3.05) is 0 Å². The highest BCUT2D eigenvalue weighted by molar-refractivity contribution is 5.79. The zero-order valence-corrected chi connectivity index (χ0v) is 12.3. The predicted molar refractivity (Wildman–Crippen MR) is 84.5 cm³/mol. The summed E-state index contributed by atoms with van der Waals surface area (Å²) in [7, 11) is 0. The molecule has 0 aliphatic heterocycles. The zero-order valence-electron chi connectivity index (χ0n) is 12.3. The summed E-state index contributed by atoms with van der Waals surface area (Å²) in [4.78, 5) is 0. The number of benzene rings is 2. The van der Waals surface area contributed by atoms with Gasteiger partial charge in [-0.15, -0.1) is 0 Å². The molecule has 0 amide bonds. The second-order valence-corrected chi connectivity index (χ2v) is 5.79. The first-order valence-corrected chi connectivity index (χ1v) is 7.29. The maximum absolute atomic E-state index is 11.5. The highest BCUT2D eigenvalue weighted by Crippen LogP contribution is 2.51. The van der Waals surface area contributed by atoms with E-state index in [0.717, 1.165) is 22.3 Å². The number of hydrogen-bond acceptors (Lipinski definition) is 2. The Morgan fingerprint density at radius 1 is 0.905 bits per heavy atom. The third-order valence-corrected chi connectivity index (χ3v) is 4.63. The van der Waals surface area contributed by atoms with E-state index in [9.17, 15) is 10.2 Å². The summed E-state index contributed by atoms with van der Waals surface area (Å²) in [5, 5.41) is 21.9. The monoisotopic (exact) mass is 280 g/mol. The Hall–Kier alpha value is -1.90. The van der Waals surface area contributed by atoms with Crippen molar-refractivity contribution >= 4 is 5.57 Å². The van der Waals surface area contributed by atoms with Crippen LogP contribution in [0.3, 0.4) is 0 Å². The molecule has 2 nitrogen and oxygen atoms in total. The van der Waals surface area contributed by atoms with Gasteiger partial charge in [-0.3, -0.25) is 0 Å². The minimum Gasteiger partial charge on any atom is -0.388 e. The molecule has 0 aromatic heterocycles. The smallest absolute Gasteiger partial charge is 0.121 e. The Morgan fingerprint density at radius 2 is 1.43 bits per heavy atom. The van der Waals surface area contributed by atoms with Crippen molar-refractivity contribution in [2.45, 2.75) is 25.6 Å². The van der Waals surface area contributed by atoms with Gasteiger partial charge in [0.2, 0.25) is 0 Å². The molecule has 1 aliphatic rings. The molecule has 3 atom stereocenters. The molecule has 2 heteroatoms. The van der Waals surface area contributed by atoms with E-state index in [-0.39, 0.29) is 5.92 Å². The molecule has 21 heavy (non-hydrogen) atoms. The van der Waals surface area contributed by atoms with E-state index in [4.69, 9.17) is 0 Å². The molecule has 0 saturated carbocycles. The van der Waals surface area contributed by atoms with Crippen molar-refractivity contribution < 1.29 is 10.2 Å². The maximum atomic E-state index is 11.5. The van der Waals surface area contributed by atoms with Crippen LogP contribution < -0.4 is 0 Å². The summed E-state index contributed by atoms with van der Waals surface area (Å²) < 4.78 is 0. The first kappa shape index (κ1) is 14.1. The number of aliphatic hydroxyl groups is 2. The van der Waals surface area contributed by atoms with Crippen LogP contribution in [0.25, 0.3) is 5.57 Å². The highest BCUT2D eigenvalue weighted by atomic mass is 16.3. The summed E-state index contributed by atoms with van der Waals surface area (Å²) in [5.74, 6) is -0.282. The van der Waals surface area contributed by atoms with Gasteiger partial charge >= 0.3 is 0 Å². The lowest BCUT2D eigenvalue weighted by Gasteiger charge is -2.33. The molecule has 0 bridgehead atoms. The quantitative estimate of drug-likeness (QED) is 0.885. The molecule has 1 unspecified atom stereocenters. The Bertz CT molecular complexity index is 660. The maximum Gasteiger partial charge on any atom is 0.121 e. The van der Waals surface area contributed by atoms with Gasteiger partial charge in [0.1, 0.15) is 5.60 Å². The minimum atomic E-state index is -1.16. The van der Waals surface area contributed by atoms with Crippen LogP contribution in [-0.2, 0) is 5.60 Å². The van der Waals surface area contributed by atoms with Gasteiger partial charge in [0.15, 0.2) is 0 Å². The zero-order chi connectivity index (χ0) is 15.0. The Morgan fingerprint density at radius 3 is 2.00 bits per heavy atom. The molecule has 0 radical (unpaired) electrons. The van der Waals surface area contributed by atoms with Crippen LogP contribution in [0.15, 0.2) is 66.2 Å². The van der Waals surface area contributed by atoms with E-state index in [1.807, 2.05) is 74.5 Å². The van der Waals surface area contributed by atoms with E-state index in [1.165, 1.54) is 0 Å². The van der Waals surface area contributed by atoms with Crippen LogP contribution in [0.5, 0.6) is 0 Å². The van der Waals surface area contributed by atoms with Gasteiger partial charge in [0.25, 0.3) is 0 Å². The standard InChI is InChI=1S/C19H20O2/c1-13-17(15-9-5-3-6-10-15)19(21,14(2)18(13)20)16-11-7-4-8-12-16/h3-12,14,18,20-21H,1-2H3/t14?,18-,19-/m0/s1. The lowest BCUT2D eigenvalue weighted by molar-refractivity contribution is 0.00424. The highest BCUT2D eigenvalue weighted by Gasteiger charge is 2.50. The summed E-state index contributed by atoms with van der Waals surface area (Å²) in [5.41, 5.74) is 2.30. The molecular formula is C19H20O2. The average Bonchev–Trinajstić information content (AvgIpc) is 2.71. The topological polar surface area (TPSA) is 40.5 Å².